The van der Waals surface area contributed by atoms with E-state index < -0.39 is 5.97 Å². The monoisotopic (exact) mass is 349 g/mol. The number of furan rings is 1. The number of carbonyl (C=O) groups is 1. The Bertz CT molecular complexity index is 704. The van der Waals surface area contributed by atoms with E-state index in [9.17, 15) is 9.90 Å². The van der Waals surface area contributed by atoms with Crippen LogP contribution in [0.4, 0.5) is 5.88 Å². The van der Waals surface area contributed by atoms with Crippen molar-refractivity contribution in [2.45, 2.75) is 38.8 Å². The van der Waals surface area contributed by atoms with Crippen LogP contribution in [0.5, 0.6) is 0 Å². The largest absolute Gasteiger partial charge is 0.544 e. The van der Waals surface area contributed by atoms with Gasteiger partial charge in [-0.05, 0) is 44.2 Å². The van der Waals surface area contributed by atoms with Crippen LogP contribution in [0.25, 0.3) is 6.08 Å². The minimum absolute atomic E-state index is 0.00232. The highest BCUT2D eigenvalue weighted by molar-refractivity contribution is 8.04. The minimum atomic E-state index is -1.29. The number of carboxylic acids is 1. The predicted molar refractivity (Wildman–Crippen MR) is 91.5 cm³/mol. The number of aromatic nitrogens is 3. The van der Waals surface area contributed by atoms with E-state index in [0.717, 1.165) is 43.5 Å². The molecule has 8 heteroatoms. The number of anilines is 1. The van der Waals surface area contributed by atoms with Crippen LogP contribution in [0.2, 0.25) is 0 Å². The van der Waals surface area contributed by atoms with Crippen LogP contribution < -0.4 is 10.0 Å². The Labute approximate surface area is 145 Å². The summed E-state index contributed by atoms with van der Waals surface area (Å²) in [5.41, 5.74) is 0. The van der Waals surface area contributed by atoms with E-state index in [1.54, 1.807) is 6.07 Å². The van der Waals surface area contributed by atoms with Crippen molar-refractivity contribution in [1.82, 2.24) is 15.2 Å². The van der Waals surface area contributed by atoms with E-state index in [1.165, 1.54) is 6.08 Å². The Kier molecular flexibility index (Phi) is 6.48. The van der Waals surface area contributed by atoms with E-state index >= 15 is 0 Å². The van der Waals surface area contributed by atoms with Crippen molar-refractivity contribution in [3.8, 4) is 0 Å². The average molecular weight is 349 g/mol. The third-order valence-electron chi connectivity index (χ3n) is 3.36. The molecule has 0 aliphatic carbocycles. The summed E-state index contributed by atoms with van der Waals surface area (Å²) in [7, 11) is 0. The number of aryl methyl sites for hydroxylation is 1. The van der Waals surface area contributed by atoms with Gasteiger partial charge in [0.1, 0.15) is 11.6 Å². The summed E-state index contributed by atoms with van der Waals surface area (Å²) < 4.78 is 5.69. The van der Waals surface area contributed by atoms with Crippen LogP contribution in [0.15, 0.2) is 26.6 Å². The number of nitrogens with zero attached hydrogens (tertiary/aromatic N) is 3. The van der Waals surface area contributed by atoms with Crippen LogP contribution in [0.1, 0.15) is 38.8 Å². The molecular weight excluding hydrogens is 328 g/mol. The fourth-order valence-corrected chi connectivity index (χ4v) is 2.86. The van der Waals surface area contributed by atoms with Gasteiger partial charge in [-0.1, -0.05) is 6.92 Å². The molecule has 1 N–H and O–H groups in total. The van der Waals surface area contributed by atoms with Gasteiger partial charge in [0.05, 0.1) is 5.97 Å². The maximum absolute atomic E-state index is 11.4. The third-order valence-corrected chi connectivity index (χ3v) is 4.23. The topological polar surface area (TPSA) is 98.1 Å². The lowest BCUT2D eigenvalue weighted by molar-refractivity contribution is -0.298. The number of rotatable bonds is 9. The molecule has 24 heavy (non-hydrogen) atoms. The molecule has 7 nitrogen and oxygen atoms in total. The number of nitrogens with one attached hydrogen (secondary N) is 1. The molecule has 0 saturated carbocycles. The lowest BCUT2D eigenvalue weighted by atomic mass is 10.3. The number of carboxylic acid groups (broad SMARTS) is 1. The van der Waals surface area contributed by atoms with Gasteiger partial charge in [0, 0.05) is 30.5 Å². The van der Waals surface area contributed by atoms with Gasteiger partial charge in [0.15, 0.2) is 5.88 Å². The zero-order valence-electron chi connectivity index (χ0n) is 14.0. The first kappa shape index (κ1) is 18.1. The number of hydrogen-bond donors (Lipinski definition) is 1. The van der Waals surface area contributed by atoms with Gasteiger partial charge < -0.3 is 19.2 Å². The van der Waals surface area contributed by atoms with Crippen molar-refractivity contribution < 1.29 is 14.3 Å². The van der Waals surface area contributed by atoms with Crippen LogP contribution in [0.3, 0.4) is 0 Å². The summed E-state index contributed by atoms with van der Waals surface area (Å²) in [4.78, 5) is 17.7. The molecule has 0 bridgehead atoms. The lowest BCUT2D eigenvalue weighted by Crippen LogP contribution is -2.23. The summed E-state index contributed by atoms with van der Waals surface area (Å²) in [6.07, 6.45) is 3.13. The number of aliphatic carboxylic acids is 1. The number of thioether (sulfide) groups is 1. The molecule has 0 spiro atoms. The highest BCUT2D eigenvalue weighted by Crippen LogP contribution is 2.27. The summed E-state index contributed by atoms with van der Waals surface area (Å²) in [5.74, 6) is 0.604. The van der Waals surface area contributed by atoms with E-state index in [0.29, 0.717) is 16.8 Å². The molecule has 2 rings (SSSR count). The summed E-state index contributed by atoms with van der Waals surface area (Å²) >= 11 is 0.939. The van der Waals surface area contributed by atoms with E-state index in [-0.39, 0.29) is 4.91 Å². The maximum Gasteiger partial charge on any atom is 0.213 e. The Morgan fingerprint density at radius 1 is 1.38 bits per heavy atom. The van der Waals surface area contributed by atoms with Gasteiger partial charge in [-0.3, -0.25) is 5.10 Å². The quantitative estimate of drug-likeness (QED) is 0.546. The standard InChI is InChI=1S/C16H22N4O3S/c1-4-7-13-17-16(19-18-13)24-12(15(21)22)10-11-8-9-14(23-11)20(5-2)6-3/h8-10H,4-7H2,1-3H3,(H,21,22)(H,17,18,19)/p-1/b12-10+. The van der Waals surface area contributed by atoms with Crippen molar-refractivity contribution in [2.24, 2.45) is 0 Å². The fourth-order valence-electron chi connectivity index (χ4n) is 2.15. The molecule has 0 amide bonds. The molecule has 0 aliphatic heterocycles. The van der Waals surface area contributed by atoms with Gasteiger partial charge >= 0.3 is 0 Å². The second-order valence-corrected chi connectivity index (χ2v) is 6.07. The SMILES string of the molecule is CCCc1nc(S/C(=C/c2ccc(N(CC)CC)o2)C(=O)[O-])n[nH]1. The second kappa shape index (κ2) is 8.58. The molecular formula is C16H21N4O3S-. The van der Waals surface area contributed by atoms with Crippen LogP contribution in [-0.2, 0) is 11.2 Å². The number of aromatic amines is 1. The summed E-state index contributed by atoms with van der Waals surface area (Å²) in [6.45, 7) is 7.72. The molecule has 2 heterocycles. The molecule has 0 aliphatic rings. The first-order valence-electron chi connectivity index (χ1n) is 7.94. The van der Waals surface area contributed by atoms with Crippen LogP contribution >= 0.6 is 11.8 Å². The van der Waals surface area contributed by atoms with Crippen LogP contribution in [0, 0.1) is 0 Å². The van der Waals surface area contributed by atoms with Gasteiger partial charge in [-0.15, -0.1) is 5.10 Å². The second-order valence-electron chi connectivity index (χ2n) is 5.06. The molecule has 0 atom stereocenters. The Balaban J connectivity index is 2.17. The molecule has 0 radical (unpaired) electrons. The number of hydrogen-bond acceptors (Lipinski definition) is 7. The van der Waals surface area contributed by atoms with Crippen LogP contribution in [-0.4, -0.2) is 34.2 Å². The van der Waals surface area contributed by atoms with E-state index in [4.69, 9.17) is 4.42 Å². The summed E-state index contributed by atoms with van der Waals surface area (Å²) in [5, 5.41) is 18.5. The fraction of sp³-hybridized carbons (Fsp3) is 0.438. The maximum atomic E-state index is 11.4. The van der Waals surface area contributed by atoms with E-state index in [1.807, 2.05) is 31.7 Å². The van der Waals surface area contributed by atoms with Gasteiger partial charge in [0.2, 0.25) is 5.16 Å². The molecule has 0 aromatic carbocycles. The van der Waals surface area contributed by atoms with Gasteiger partial charge in [-0.25, -0.2) is 4.98 Å². The van der Waals surface area contributed by atoms with Crippen molar-refractivity contribution >= 4 is 29.7 Å². The zero-order chi connectivity index (χ0) is 17.5. The lowest BCUT2D eigenvalue weighted by Gasteiger charge is -2.16. The Morgan fingerprint density at radius 3 is 2.75 bits per heavy atom. The normalized spacial score (nSPS) is 11.7. The van der Waals surface area contributed by atoms with Gasteiger partial charge in [-0.2, -0.15) is 0 Å². The third kappa shape index (κ3) is 4.64. The molecule has 130 valence electrons. The Hall–Kier alpha value is -2.22. The average Bonchev–Trinajstić information content (AvgIpc) is 3.18. The molecule has 2 aromatic heterocycles. The van der Waals surface area contributed by atoms with E-state index in [2.05, 4.69) is 15.2 Å². The highest BCUT2D eigenvalue weighted by Gasteiger charge is 2.11. The first-order valence-corrected chi connectivity index (χ1v) is 8.75. The molecule has 2 aromatic rings. The minimum Gasteiger partial charge on any atom is -0.544 e. The molecule has 0 fully saturated rings. The van der Waals surface area contributed by atoms with Crippen molar-refractivity contribution in [3.05, 3.63) is 28.6 Å². The number of carbonyl (C=O) groups excluding carboxylic acids is 1. The molecule has 0 saturated heterocycles. The van der Waals surface area contributed by atoms with Gasteiger partial charge in [0.25, 0.3) is 0 Å². The highest BCUT2D eigenvalue weighted by atomic mass is 32.2. The summed E-state index contributed by atoms with van der Waals surface area (Å²) in [6, 6.07) is 3.56. The van der Waals surface area contributed by atoms with Crippen molar-refractivity contribution in [1.29, 1.82) is 0 Å². The predicted octanol–water partition coefficient (Wildman–Crippen LogP) is 2.08. The van der Waals surface area contributed by atoms with Crippen molar-refractivity contribution in [3.63, 3.8) is 0 Å². The number of H-pyrrole nitrogens is 1. The Morgan fingerprint density at radius 2 is 2.12 bits per heavy atom. The zero-order valence-corrected chi connectivity index (χ0v) is 14.9. The first-order chi connectivity index (χ1) is 11.6. The van der Waals surface area contributed by atoms with Crippen molar-refractivity contribution in [2.75, 3.05) is 18.0 Å². The molecule has 0 unspecified atom stereocenters. The smallest absolute Gasteiger partial charge is 0.213 e.